The Morgan fingerprint density at radius 1 is 1.44 bits per heavy atom. The van der Waals surface area contributed by atoms with Crippen LogP contribution in [0.5, 0.6) is 0 Å². The van der Waals surface area contributed by atoms with Gasteiger partial charge in [-0.1, -0.05) is 17.7 Å². The molecule has 2 rings (SSSR count). The van der Waals surface area contributed by atoms with Crippen molar-refractivity contribution in [3.05, 3.63) is 29.8 Å². The molecule has 100 valence electrons. The average molecular weight is 337 g/mol. The molecule has 2 atom stereocenters. The van der Waals surface area contributed by atoms with Crippen molar-refractivity contribution in [2.45, 2.75) is 29.2 Å². The van der Waals surface area contributed by atoms with Crippen LogP contribution in [0.4, 0.5) is 4.39 Å². The van der Waals surface area contributed by atoms with Crippen LogP contribution in [0.2, 0.25) is 0 Å². The molecule has 1 aromatic rings. The van der Waals surface area contributed by atoms with E-state index in [0.717, 1.165) is 5.56 Å². The van der Waals surface area contributed by atoms with Gasteiger partial charge in [0.2, 0.25) is 0 Å². The fourth-order valence-electron chi connectivity index (χ4n) is 1.66. The number of aryl methyl sites for hydroxylation is 1. The first-order chi connectivity index (χ1) is 8.31. The van der Waals surface area contributed by atoms with E-state index in [-0.39, 0.29) is 17.4 Å². The molecule has 1 aromatic carbocycles. The zero-order valence-corrected chi connectivity index (χ0v) is 12.3. The summed E-state index contributed by atoms with van der Waals surface area (Å²) in [5.74, 6) is -0.147. The first-order valence-electron chi connectivity index (χ1n) is 5.65. The summed E-state index contributed by atoms with van der Waals surface area (Å²) in [6, 6.07) is 6.43. The third kappa shape index (κ3) is 3.30. The number of hydrogen-bond donors (Lipinski definition) is 0. The van der Waals surface area contributed by atoms with Gasteiger partial charge in [-0.15, -0.1) is 0 Å². The van der Waals surface area contributed by atoms with Gasteiger partial charge in [0.1, 0.15) is 0 Å². The summed E-state index contributed by atoms with van der Waals surface area (Å²) in [5, 5.41) is 0. The number of hydrogen-bond acceptors (Lipinski definition) is 3. The third-order valence-electron chi connectivity index (χ3n) is 2.97. The van der Waals surface area contributed by atoms with E-state index in [1.807, 2.05) is 6.92 Å². The van der Waals surface area contributed by atoms with Gasteiger partial charge in [0.15, 0.2) is 4.58 Å². The van der Waals surface area contributed by atoms with Gasteiger partial charge >= 0.3 is 0 Å². The molecule has 1 aliphatic rings. The highest BCUT2D eigenvalue weighted by Crippen LogP contribution is 2.54. The predicted molar refractivity (Wildman–Crippen MR) is 69.8 cm³/mol. The first kappa shape index (κ1) is 14.0. The van der Waals surface area contributed by atoms with Gasteiger partial charge < -0.3 is 0 Å². The van der Waals surface area contributed by atoms with E-state index < -0.39 is 14.7 Å². The Bertz CT molecular complexity index is 525. The number of alkyl halides is 2. The van der Waals surface area contributed by atoms with Crippen LogP contribution in [-0.4, -0.2) is 19.6 Å². The summed E-state index contributed by atoms with van der Waals surface area (Å²) >= 11 is 2.91. The Hall–Kier alpha value is -0.460. The van der Waals surface area contributed by atoms with Gasteiger partial charge in [0.05, 0.1) is 11.5 Å². The van der Waals surface area contributed by atoms with E-state index in [1.165, 1.54) is 12.1 Å². The van der Waals surface area contributed by atoms with Crippen molar-refractivity contribution in [3.8, 4) is 0 Å². The van der Waals surface area contributed by atoms with Crippen LogP contribution in [-0.2, 0) is 14.3 Å². The van der Waals surface area contributed by atoms with Crippen LogP contribution >= 0.6 is 15.9 Å². The molecule has 0 heterocycles. The van der Waals surface area contributed by atoms with Crippen molar-refractivity contribution >= 4 is 26.0 Å². The maximum absolute atomic E-state index is 13.2. The molecule has 1 aliphatic carbocycles. The molecule has 3 nitrogen and oxygen atoms in total. The van der Waals surface area contributed by atoms with Crippen LogP contribution in [0.1, 0.15) is 18.4 Å². The monoisotopic (exact) mass is 336 g/mol. The lowest BCUT2D eigenvalue weighted by Gasteiger charge is -2.05. The summed E-state index contributed by atoms with van der Waals surface area (Å²) in [5.41, 5.74) is 0.980. The molecule has 1 saturated carbocycles. The topological polar surface area (TPSA) is 43.4 Å². The molecule has 0 aliphatic heterocycles. The molecule has 0 N–H and O–H groups in total. The quantitative estimate of drug-likeness (QED) is 0.612. The Labute approximate surface area is 115 Å². The normalized spacial score (nSPS) is 27.2. The Kier molecular flexibility index (Phi) is 3.80. The van der Waals surface area contributed by atoms with Crippen molar-refractivity contribution in [2.24, 2.45) is 5.92 Å². The summed E-state index contributed by atoms with van der Waals surface area (Å²) in [4.78, 5) is 0.134. The smallest absolute Gasteiger partial charge is 0.266 e. The Balaban J connectivity index is 1.90. The van der Waals surface area contributed by atoms with Gasteiger partial charge in [0.25, 0.3) is 10.1 Å². The fourth-order valence-corrected chi connectivity index (χ4v) is 3.20. The van der Waals surface area contributed by atoms with Gasteiger partial charge in [-0.3, -0.25) is 4.18 Å². The largest absolute Gasteiger partial charge is 0.296 e. The molecule has 0 radical (unpaired) electrons. The molecule has 0 saturated heterocycles. The predicted octanol–water partition coefficient (Wildman–Crippen LogP) is 3.17. The second-order valence-corrected chi connectivity index (χ2v) is 7.47. The van der Waals surface area contributed by atoms with E-state index in [4.69, 9.17) is 4.18 Å². The van der Waals surface area contributed by atoms with Crippen LogP contribution in [0, 0.1) is 12.8 Å². The minimum absolute atomic E-state index is 0.0121. The van der Waals surface area contributed by atoms with Gasteiger partial charge in [-0.05, 0) is 47.8 Å². The fraction of sp³-hybridized carbons (Fsp3) is 0.500. The number of rotatable bonds is 5. The molecule has 6 heteroatoms. The Morgan fingerprint density at radius 3 is 2.50 bits per heavy atom. The Morgan fingerprint density at radius 2 is 2.00 bits per heavy atom. The first-order valence-corrected chi connectivity index (χ1v) is 7.85. The molecule has 0 aromatic heterocycles. The summed E-state index contributed by atoms with van der Waals surface area (Å²) in [6.45, 7) is 1.89. The van der Waals surface area contributed by atoms with E-state index in [1.54, 1.807) is 12.1 Å². The third-order valence-corrected chi connectivity index (χ3v) is 5.27. The lowest BCUT2D eigenvalue weighted by Crippen LogP contribution is -2.09. The van der Waals surface area contributed by atoms with E-state index in [0.29, 0.717) is 12.8 Å². The molecule has 18 heavy (non-hydrogen) atoms. The van der Waals surface area contributed by atoms with Gasteiger partial charge in [0, 0.05) is 5.92 Å². The molecule has 1 fully saturated rings. The van der Waals surface area contributed by atoms with Gasteiger partial charge in [-0.2, -0.15) is 8.42 Å². The van der Waals surface area contributed by atoms with Crippen molar-refractivity contribution in [3.63, 3.8) is 0 Å². The standard InChI is InChI=1S/C12H14BrFO3S/c1-9-2-4-11(5-3-9)18(15,16)17-7-6-10-8-12(10,13)14/h2-5,10H,6-8H2,1H3. The highest BCUT2D eigenvalue weighted by atomic mass is 79.9. The van der Waals surface area contributed by atoms with Crippen LogP contribution < -0.4 is 0 Å². The highest BCUT2D eigenvalue weighted by Gasteiger charge is 2.52. The second kappa shape index (κ2) is 4.90. The minimum Gasteiger partial charge on any atom is -0.266 e. The molecular weight excluding hydrogens is 323 g/mol. The number of benzene rings is 1. The SMILES string of the molecule is Cc1ccc(S(=O)(=O)OCCC2CC2(F)Br)cc1. The van der Waals surface area contributed by atoms with Crippen molar-refractivity contribution in [1.29, 1.82) is 0 Å². The molecular formula is C12H14BrFO3S. The van der Waals surface area contributed by atoms with E-state index >= 15 is 0 Å². The van der Waals surface area contributed by atoms with Crippen molar-refractivity contribution in [1.82, 2.24) is 0 Å². The molecule has 0 amide bonds. The summed E-state index contributed by atoms with van der Waals surface area (Å²) in [7, 11) is -3.72. The highest BCUT2D eigenvalue weighted by molar-refractivity contribution is 9.10. The lowest BCUT2D eigenvalue weighted by atomic mass is 10.2. The van der Waals surface area contributed by atoms with E-state index in [2.05, 4.69) is 15.9 Å². The average Bonchev–Trinajstić information content (AvgIpc) is 2.87. The molecule has 2 unspecified atom stereocenters. The van der Waals surface area contributed by atoms with Crippen molar-refractivity contribution < 1.29 is 17.0 Å². The maximum atomic E-state index is 13.2. The van der Waals surface area contributed by atoms with Crippen molar-refractivity contribution in [2.75, 3.05) is 6.61 Å². The van der Waals surface area contributed by atoms with Crippen LogP contribution in [0.25, 0.3) is 0 Å². The molecule has 0 bridgehead atoms. The minimum atomic E-state index is -3.72. The lowest BCUT2D eigenvalue weighted by molar-refractivity contribution is 0.291. The van der Waals surface area contributed by atoms with E-state index in [9.17, 15) is 12.8 Å². The molecule has 0 spiro atoms. The second-order valence-electron chi connectivity index (χ2n) is 4.54. The zero-order valence-electron chi connectivity index (χ0n) is 9.90. The van der Waals surface area contributed by atoms with Crippen LogP contribution in [0.3, 0.4) is 0 Å². The zero-order chi connectivity index (χ0) is 13.4. The van der Waals surface area contributed by atoms with Crippen LogP contribution in [0.15, 0.2) is 29.2 Å². The van der Waals surface area contributed by atoms with Gasteiger partial charge in [-0.25, -0.2) is 4.39 Å². The summed E-state index contributed by atoms with van der Waals surface area (Å²) < 4.78 is 40.3. The number of halogens is 2. The maximum Gasteiger partial charge on any atom is 0.296 e. The summed E-state index contributed by atoms with van der Waals surface area (Å²) in [6.07, 6.45) is 0.813.